The first-order chi connectivity index (χ1) is 8.00. The van der Waals surface area contributed by atoms with E-state index >= 15 is 0 Å². The van der Waals surface area contributed by atoms with Gasteiger partial charge >= 0.3 is 0 Å². The van der Waals surface area contributed by atoms with Crippen molar-refractivity contribution >= 4 is 27.5 Å². The van der Waals surface area contributed by atoms with Gasteiger partial charge < -0.3 is 0 Å². The van der Waals surface area contributed by atoms with Crippen molar-refractivity contribution in [3.05, 3.63) is 60.5 Å². The molecule has 0 spiro atoms. The summed E-state index contributed by atoms with van der Waals surface area (Å²) in [4.78, 5) is 23.6. The Labute approximate surface area is 110 Å². The molecule has 1 aromatic carbocycles. The SMILES string of the molecule is Cn1c(=O)cc(Br)c(=O)n1-c1ccc(Cl)cc1. The fourth-order valence-corrected chi connectivity index (χ4v) is 1.96. The zero-order valence-corrected chi connectivity index (χ0v) is 11.2. The highest BCUT2D eigenvalue weighted by Crippen LogP contribution is 2.12. The molecule has 0 N–H and O–H groups in total. The van der Waals surface area contributed by atoms with Gasteiger partial charge in [-0.2, -0.15) is 0 Å². The van der Waals surface area contributed by atoms with E-state index in [0.717, 1.165) is 0 Å². The Hall–Kier alpha value is -1.33. The van der Waals surface area contributed by atoms with Crippen molar-refractivity contribution in [2.24, 2.45) is 7.05 Å². The Kier molecular flexibility index (Phi) is 3.22. The van der Waals surface area contributed by atoms with E-state index in [9.17, 15) is 9.59 Å². The smallest absolute Gasteiger partial charge is 0.268 e. The van der Waals surface area contributed by atoms with Gasteiger partial charge in [-0.1, -0.05) is 11.6 Å². The van der Waals surface area contributed by atoms with Crippen molar-refractivity contribution < 1.29 is 0 Å². The maximum absolute atomic E-state index is 12.0. The first-order valence-corrected chi connectivity index (χ1v) is 5.92. The van der Waals surface area contributed by atoms with E-state index in [4.69, 9.17) is 11.6 Å². The van der Waals surface area contributed by atoms with E-state index in [2.05, 4.69) is 15.9 Å². The number of benzene rings is 1. The summed E-state index contributed by atoms with van der Waals surface area (Å²) in [6.07, 6.45) is 0. The molecule has 0 radical (unpaired) electrons. The van der Waals surface area contributed by atoms with E-state index in [1.807, 2.05) is 0 Å². The zero-order valence-electron chi connectivity index (χ0n) is 8.85. The van der Waals surface area contributed by atoms with Crippen LogP contribution in [0.25, 0.3) is 5.69 Å². The van der Waals surface area contributed by atoms with Gasteiger partial charge in [-0.15, -0.1) is 0 Å². The third-order valence-electron chi connectivity index (χ3n) is 2.34. The van der Waals surface area contributed by atoms with Crippen molar-refractivity contribution in [1.82, 2.24) is 9.36 Å². The number of rotatable bonds is 1. The van der Waals surface area contributed by atoms with E-state index in [0.29, 0.717) is 10.7 Å². The van der Waals surface area contributed by atoms with Gasteiger partial charge in [0.05, 0.1) is 10.2 Å². The number of hydrogen-bond donors (Lipinski definition) is 0. The van der Waals surface area contributed by atoms with Gasteiger partial charge in [0.1, 0.15) is 0 Å². The van der Waals surface area contributed by atoms with Crippen LogP contribution in [0.4, 0.5) is 0 Å². The Morgan fingerprint density at radius 3 is 2.35 bits per heavy atom. The van der Waals surface area contributed by atoms with Crippen LogP contribution >= 0.6 is 27.5 Å². The molecule has 0 aliphatic heterocycles. The van der Waals surface area contributed by atoms with Gasteiger partial charge in [-0.05, 0) is 40.2 Å². The normalized spacial score (nSPS) is 10.5. The van der Waals surface area contributed by atoms with Crippen LogP contribution in [0.15, 0.2) is 44.4 Å². The third kappa shape index (κ3) is 2.21. The highest BCUT2D eigenvalue weighted by molar-refractivity contribution is 9.10. The van der Waals surface area contributed by atoms with Crippen molar-refractivity contribution in [2.45, 2.75) is 0 Å². The fraction of sp³-hybridized carbons (Fsp3) is 0.0909. The summed E-state index contributed by atoms with van der Waals surface area (Å²) in [5.41, 5.74) is 0.0150. The molecule has 0 unspecified atom stereocenters. The molecule has 6 heteroatoms. The molecule has 0 atom stereocenters. The van der Waals surface area contributed by atoms with Gasteiger partial charge in [0.25, 0.3) is 11.1 Å². The third-order valence-corrected chi connectivity index (χ3v) is 3.16. The Morgan fingerprint density at radius 2 is 1.76 bits per heavy atom. The second kappa shape index (κ2) is 4.50. The predicted octanol–water partition coefficient (Wildman–Crippen LogP) is 1.95. The number of nitrogens with zero attached hydrogens (tertiary/aromatic N) is 2. The van der Waals surface area contributed by atoms with E-state index in [1.54, 1.807) is 24.3 Å². The predicted molar refractivity (Wildman–Crippen MR) is 70.0 cm³/mol. The molecule has 0 fully saturated rings. The maximum atomic E-state index is 12.0. The van der Waals surface area contributed by atoms with Crippen LogP contribution in [-0.2, 0) is 7.05 Å². The quantitative estimate of drug-likeness (QED) is 0.807. The topological polar surface area (TPSA) is 44.0 Å². The molecule has 0 saturated carbocycles. The molecule has 88 valence electrons. The van der Waals surface area contributed by atoms with Crippen molar-refractivity contribution in [3.8, 4) is 5.69 Å². The van der Waals surface area contributed by atoms with Gasteiger partial charge in [0, 0.05) is 18.1 Å². The lowest BCUT2D eigenvalue weighted by Crippen LogP contribution is -2.35. The minimum absolute atomic E-state index is 0.232. The molecular weight excluding hydrogens is 307 g/mol. The van der Waals surface area contributed by atoms with Crippen molar-refractivity contribution in [2.75, 3.05) is 0 Å². The molecule has 0 aliphatic carbocycles. The average Bonchev–Trinajstić information content (AvgIpc) is 2.29. The summed E-state index contributed by atoms with van der Waals surface area (Å²) in [7, 11) is 1.53. The van der Waals surface area contributed by atoms with Gasteiger partial charge in [-0.25, -0.2) is 9.36 Å². The number of hydrogen-bond acceptors (Lipinski definition) is 2. The highest BCUT2D eigenvalue weighted by Gasteiger charge is 2.08. The molecule has 4 nitrogen and oxygen atoms in total. The van der Waals surface area contributed by atoms with Gasteiger partial charge in [0.2, 0.25) is 0 Å². The van der Waals surface area contributed by atoms with Crippen LogP contribution in [0, 0.1) is 0 Å². The fourth-order valence-electron chi connectivity index (χ4n) is 1.47. The Morgan fingerprint density at radius 1 is 1.18 bits per heavy atom. The second-order valence-electron chi connectivity index (χ2n) is 3.45. The molecule has 0 aliphatic rings. The van der Waals surface area contributed by atoms with E-state index in [-0.39, 0.29) is 15.6 Å². The van der Waals surface area contributed by atoms with Crippen molar-refractivity contribution in [1.29, 1.82) is 0 Å². The summed E-state index contributed by atoms with van der Waals surface area (Å²) in [5.74, 6) is 0. The van der Waals surface area contributed by atoms with Crippen LogP contribution in [0.2, 0.25) is 5.02 Å². The summed E-state index contributed by atoms with van der Waals surface area (Å²) in [5, 5.41) is 0.571. The van der Waals surface area contributed by atoms with Crippen LogP contribution in [0.3, 0.4) is 0 Å². The summed E-state index contributed by atoms with van der Waals surface area (Å²) in [6, 6.07) is 7.92. The summed E-state index contributed by atoms with van der Waals surface area (Å²) >= 11 is 8.85. The first-order valence-electron chi connectivity index (χ1n) is 4.75. The highest BCUT2D eigenvalue weighted by atomic mass is 79.9. The van der Waals surface area contributed by atoms with E-state index < -0.39 is 0 Å². The number of aromatic nitrogens is 2. The minimum atomic E-state index is -0.297. The zero-order chi connectivity index (χ0) is 12.6. The van der Waals surface area contributed by atoms with Crippen LogP contribution in [0.5, 0.6) is 0 Å². The minimum Gasteiger partial charge on any atom is -0.268 e. The Bertz CT molecular complexity index is 673. The molecular formula is C11H8BrClN2O2. The summed E-state index contributed by atoms with van der Waals surface area (Å²) in [6.45, 7) is 0. The number of halogens is 2. The lowest BCUT2D eigenvalue weighted by atomic mass is 10.3. The first kappa shape index (κ1) is 12.1. The van der Waals surface area contributed by atoms with Gasteiger partial charge in [-0.3, -0.25) is 9.59 Å². The molecule has 2 aromatic rings. The molecule has 2 rings (SSSR count). The monoisotopic (exact) mass is 314 g/mol. The van der Waals surface area contributed by atoms with Gasteiger partial charge in [0.15, 0.2) is 0 Å². The van der Waals surface area contributed by atoms with Crippen LogP contribution in [-0.4, -0.2) is 9.36 Å². The van der Waals surface area contributed by atoms with Crippen LogP contribution < -0.4 is 11.1 Å². The average molecular weight is 316 g/mol. The van der Waals surface area contributed by atoms with Crippen molar-refractivity contribution in [3.63, 3.8) is 0 Å². The van der Waals surface area contributed by atoms with E-state index in [1.165, 1.54) is 22.5 Å². The molecule has 1 heterocycles. The molecule has 0 bridgehead atoms. The van der Waals surface area contributed by atoms with Crippen LogP contribution in [0.1, 0.15) is 0 Å². The molecule has 17 heavy (non-hydrogen) atoms. The Balaban J connectivity index is 2.79. The second-order valence-corrected chi connectivity index (χ2v) is 4.74. The largest absolute Gasteiger partial charge is 0.284 e. The molecule has 0 amide bonds. The summed E-state index contributed by atoms with van der Waals surface area (Å²) < 4.78 is 2.76. The lowest BCUT2D eigenvalue weighted by Gasteiger charge is -2.11. The molecule has 1 aromatic heterocycles. The maximum Gasteiger partial charge on any atom is 0.284 e. The lowest BCUT2D eigenvalue weighted by molar-refractivity contribution is 0.590. The standard InChI is InChI=1S/C11H8BrClN2O2/c1-14-10(16)6-9(12)11(17)15(14)8-4-2-7(13)3-5-8/h2-6H,1H3. The molecule has 0 saturated heterocycles.